The lowest BCUT2D eigenvalue weighted by atomic mass is 10.1. The Morgan fingerprint density at radius 2 is 2.00 bits per heavy atom. The average Bonchev–Trinajstić information content (AvgIpc) is 3.47. The van der Waals surface area contributed by atoms with Crippen molar-refractivity contribution in [3.63, 3.8) is 0 Å². The molecule has 2 aromatic carbocycles. The molecule has 1 aliphatic rings. The second-order valence-corrected chi connectivity index (χ2v) is 8.16. The number of rotatable bonds is 7. The molecule has 1 fully saturated rings. The molecule has 0 unspecified atom stereocenters. The first kappa shape index (κ1) is 18.6. The first-order chi connectivity index (χ1) is 13.6. The Bertz CT molecular complexity index is 976. The third-order valence-corrected chi connectivity index (χ3v) is 5.75. The molecule has 144 valence electrons. The zero-order valence-corrected chi connectivity index (χ0v) is 16.9. The number of hydrogen-bond donors (Lipinski definition) is 2. The molecule has 1 aromatic heterocycles. The van der Waals surface area contributed by atoms with Crippen LogP contribution in [-0.4, -0.2) is 15.7 Å². The van der Waals surface area contributed by atoms with Gasteiger partial charge in [-0.25, -0.2) is 0 Å². The van der Waals surface area contributed by atoms with Crippen molar-refractivity contribution in [2.24, 2.45) is 7.05 Å². The maximum absolute atomic E-state index is 12.5. The van der Waals surface area contributed by atoms with E-state index in [4.69, 9.17) is 0 Å². The molecule has 0 saturated heterocycles. The standard InChI is InChI=1S/C22H24N4OS/c1-15-3-4-19(22(27)23-12-16-13-24-26(2)14-16)11-21(15)25-28-20-9-7-18(8-10-20)17-5-6-17/h3-4,7-11,13-14,17,25H,5-6,12H2,1-2H3,(H,23,27). The van der Waals surface area contributed by atoms with E-state index in [1.165, 1.54) is 18.4 Å². The van der Waals surface area contributed by atoms with E-state index >= 15 is 0 Å². The lowest BCUT2D eigenvalue weighted by molar-refractivity contribution is 0.0951. The minimum absolute atomic E-state index is 0.0920. The normalized spacial score (nSPS) is 13.4. The van der Waals surface area contributed by atoms with Gasteiger partial charge in [0.25, 0.3) is 5.91 Å². The van der Waals surface area contributed by atoms with Gasteiger partial charge in [-0.05, 0) is 73.0 Å². The SMILES string of the molecule is Cc1ccc(C(=O)NCc2cnn(C)c2)cc1NSc1ccc(C2CC2)cc1. The summed E-state index contributed by atoms with van der Waals surface area (Å²) < 4.78 is 5.12. The zero-order valence-electron chi connectivity index (χ0n) is 16.1. The van der Waals surface area contributed by atoms with Crippen molar-refractivity contribution >= 4 is 23.5 Å². The molecule has 3 aromatic rings. The zero-order chi connectivity index (χ0) is 19.5. The Morgan fingerprint density at radius 3 is 2.68 bits per heavy atom. The second-order valence-electron chi connectivity index (χ2n) is 7.28. The van der Waals surface area contributed by atoms with E-state index in [0.717, 1.165) is 27.6 Å². The molecule has 1 amide bonds. The van der Waals surface area contributed by atoms with Crippen molar-refractivity contribution in [2.75, 3.05) is 4.72 Å². The van der Waals surface area contributed by atoms with Crippen molar-refractivity contribution in [1.82, 2.24) is 15.1 Å². The molecular formula is C22H24N4OS. The molecule has 4 rings (SSSR count). The number of nitrogens with one attached hydrogen (secondary N) is 2. The first-order valence-corrected chi connectivity index (χ1v) is 10.3. The Hall–Kier alpha value is -2.73. The summed E-state index contributed by atoms with van der Waals surface area (Å²) in [5.41, 5.74) is 5.11. The van der Waals surface area contributed by atoms with Gasteiger partial charge in [-0.15, -0.1) is 0 Å². The van der Waals surface area contributed by atoms with E-state index in [-0.39, 0.29) is 5.91 Å². The smallest absolute Gasteiger partial charge is 0.251 e. The summed E-state index contributed by atoms with van der Waals surface area (Å²) in [5, 5.41) is 7.06. The van der Waals surface area contributed by atoms with Crippen molar-refractivity contribution in [3.8, 4) is 0 Å². The number of hydrogen-bond acceptors (Lipinski definition) is 4. The molecule has 0 radical (unpaired) electrons. The van der Waals surface area contributed by atoms with E-state index in [9.17, 15) is 4.79 Å². The third kappa shape index (κ3) is 4.57. The van der Waals surface area contributed by atoms with Gasteiger partial charge in [-0.3, -0.25) is 9.48 Å². The van der Waals surface area contributed by atoms with Crippen LogP contribution >= 0.6 is 11.9 Å². The Balaban J connectivity index is 1.37. The second kappa shape index (κ2) is 8.10. The summed E-state index contributed by atoms with van der Waals surface area (Å²) >= 11 is 1.57. The molecule has 28 heavy (non-hydrogen) atoms. The summed E-state index contributed by atoms with van der Waals surface area (Å²) in [7, 11) is 1.86. The molecular weight excluding hydrogens is 368 g/mol. The van der Waals surface area contributed by atoms with E-state index in [2.05, 4.69) is 39.4 Å². The highest BCUT2D eigenvalue weighted by molar-refractivity contribution is 8.00. The van der Waals surface area contributed by atoms with E-state index in [0.29, 0.717) is 12.1 Å². The highest BCUT2D eigenvalue weighted by Gasteiger charge is 2.22. The number of benzene rings is 2. The van der Waals surface area contributed by atoms with Gasteiger partial charge >= 0.3 is 0 Å². The van der Waals surface area contributed by atoms with Crippen LogP contribution in [-0.2, 0) is 13.6 Å². The fourth-order valence-electron chi connectivity index (χ4n) is 3.06. The summed E-state index contributed by atoms with van der Waals surface area (Å²) in [6, 6.07) is 14.5. The molecule has 2 N–H and O–H groups in total. The van der Waals surface area contributed by atoms with Gasteiger partial charge in [0.05, 0.1) is 6.20 Å². The molecule has 0 spiro atoms. The van der Waals surface area contributed by atoms with Crippen LogP contribution in [0.4, 0.5) is 5.69 Å². The summed E-state index contributed by atoms with van der Waals surface area (Å²) in [6.45, 7) is 2.50. The number of carbonyl (C=O) groups is 1. The van der Waals surface area contributed by atoms with Crippen LogP contribution in [0.15, 0.2) is 59.8 Å². The summed E-state index contributed by atoms with van der Waals surface area (Å²) in [5.74, 6) is 0.682. The quantitative estimate of drug-likeness (QED) is 0.575. The van der Waals surface area contributed by atoms with Crippen LogP contribution in [0.1, 0.15) is 45.8 Å². The van der Waals surface area contributed by atoms with Crippen LogP contribution in [0.3, 0.4) is 0 Å². The van der Waals surface area contributed by atoms with Gasteiger partial charge in [-0.1, -0.05) is 18.2 Å². The largest absolute Gasteiger partial charge is 0.348 e. The van der Waals surface area contributed by atoms with Crippen LogP contribution in [0, 0.1) is 6.92 Å². The highest BCUT2D eigenvalue weighted by atomic mass is 32.2. The predicted octanol–water partition coefficient (Wildman–Crippen LogP) is 4.66. The predicted molar refractivity (Wildman–Crippen MR) is 113 cm³/mol. The summed E-state index contributed by atoms with van der Waals surface area (Å²) in [4.78, 5) is 13.7. The van der Waals surface area contributed by atoms with Crippen molar-refractivity contribution in [1.29, 1.82) is 0 Å². The fraction of sp³-hybridized carbons (Fsp3) is 0.273. The first-order valence-electron chi connectivity index (χ1n) is 9.48. The molecule has 6 heteroatoms. The van der Waals surface area contributed by atoms with E-state index in [1.54, 1.807) is 22.8 Å². The Morgan fingerprint density at radius 1 is 1.21 bits per heavy atom. The maximum atomic E-state index is 12.5. The van der Waals surface area contributed by atoms with Gasteiger partial charge in [0.1, 0.15) is 0 Å². The number of nitrogens with zero attached hydrogens (tertiary/aromatic N) is 2. The van der Waals surface area contributed by atoms with Crippen LogP contribution in [0.25, 0.3) is 0 Å². The lowest BCUT2D eigenvalue weighted by Crippen LogP contribution is -2.22. The Kier molecular flexibility index (Phi) is 5.39. The molecule has 0 aliphatic heterocycles. The van der Waals surface area contributed by atoms with Gasteiger partial charge in [-0.2, -0.15) is 5.10 Å². The monoisotopic (exact) mass is 392 g/mol. The highest BCUT2D eigenvalue weighted by Crippen LogP contribution is 2.40. The molecule has 1 aliphatic carbocycles. The van der Waals surface area contributed by atoms with Gasteiger partial charge in [0, 0.05) is 41.5 Å². The van der Waals surface area contributed by atoms with Crippen molar-refractivity contribution in [2.45, 2.75) is 37.1 Å². The molecule has 0 atom stereocenters. The molecule has 0 bridgehead atoms. The number of amides is 1. The van der Waals surface area contributed by atoms with Crippen LogP contribution < -0.4 is 10.0 Å². The van der Waals surface area contributed by atoms with Crippen LogP contribution in [0.5, 0.6) is 0 Å². The minimum atomic E-state index is -0.0920. The van der Waals surface area contributed by atoms with Gasteiger partial charge in [0.2, 0.25) is 0 Å². The van der Waals surface area contributed by atoms with Crippen LogP contribution in [0.2, 0.25) is 0 Å². The van der Waals surface area contributed by atoms with E-state index in [1.807, 2.05) is 38.4 Å². The minimum Gasteiger partial charge on any atom is -0.348 e. The summed E-state index contributed by atoms with van der Waals surface area (Å²) in [6.07, 6.45) is 6.29. The average molecular weight is 393 g/mol. The lowest BCUT2D eigenvalue weighted by Gasteiger charge is -2.11. The molecule has 1 heterocycles. The number of aryl methyl sites for hydroxylation is 2. The third-order valence-electron chi connectivity index (χ3n) is 4.92. The number of carbonyl (C=O) groups excluding carboxylic acids is 1. The molecule has 5 nitrogen and oxygen atoms in total. The Labute approximate surface area is 169 Å². The van der Waals surface area contributed by atoms with Gasteiger partial charge in [0.15, 0.2) is 0 Å². The maximum Gasteiger partial charge on any atom is 0.251 e. The topological polar surface area (TPSA) is 59.0 Å². The van der Waals surface area contributed by atoms with Crippen molar-refractivity contribution < 1.29 is 4.79 Å². The molecule has 1 saturated carbocycles. The van der Waals surface area contributed by atoms with Gasteiger partial charge < -0.3 is 10.0 Å². The number of anilines is 1. The van der Waals surface area contributed by atoms with E-state index < -0.39 is 0 Å². The fourth-order valence-corrected chi connectivity index (χ4v) is 3.78. The van der Waals surface area contributed by atoms with Crippen molar-refractivity contribution in [3.05, 3.63) is 77.1 Å². The number of aromatic nitrogens is 2.